The summed E-state index contributed by atoms with van der Waals surface area (Å²) in [6.45, 7) is 1.79. The smallest absolute Gasteiger partial charge is 0.311 e. The van der Waals surface area contributed by atoms with Crippen LogP contribution in [0.1, 0.15) is 18.9 Å². The van der Waals surface area contributed by atoms with Crippen molar-refractivity contribution in [1.82, 2.24) is 4.98 Å². The number of hydrogen-bond donors (Lipinski definition) is 1. The van der Waals surface area contributed by atoms with Crippen LogP contribution in [0, 0.1) is 11.3 Å². The molecule has 0 aliphatic carbocycles. The molecule has 6 nitrogen and oxygen atoms in total. The molecule has 0 saturated carbocycles. The molecule has 0 fully saturated rings. The molecule has 3 rings (SSSR count). The molecular weight excluding hydrogens is 354 g/mol. The first-order valence-electron chi connectivity index (χ1n) is 9.08. The maximum Gasteiger partial charge on any atom is 0.311 e. The van der Waals surface area contributed by atoms with E-state index in [0.29, 0.717) is 5.69 Å². The Morgan fingerprint density at radius 2 is 1.86 bits per heavy atom. The van der Waals surface area contributed by atoms with Gasteiger partial charge in [-0.2, -0.15) is 5.26 Å². The summed E-state index contributed by atoms with van der Waals surface area (Å²) in [6, 6.07) is 18.8. The van der Waals surface area contributed by atoms with Crippen LogP contribution in [-0.2, 0) is 20.7 Å². The molecule has 3 aromatic rings. The lowest BCUT2D eigenvalue weighted by molar-refractivity contribution is -0.153. The minimum absolute atomic E-state index is 0.0746. The van der Waals surface area contributed by atoms with Crippen LogP contribution in [0.15, 0.2) is 60.8 Å². The largest absolute Gasteiger partial charge is 0.452 e. The first-order chi connectivity index (χ1) is 13.6. The molecular formula is C22H21N3O3. The number of amides is 1. The summed E-state index contributed by atoms with van der Waals surface area (Å²) >= 11 is 0. The average molecular weight is 375 g/mol. The van der Waals surface area contributed by atoms with Crippen LogP contribution in [0.2, 0.25) is 0 Å². The van der Waals surface area contributed by atoms with Crippen molar-refractivity contribution < 1.29 is 14.3 Å². The highest BCUT2D eigenvalue weighted by Crippen LogP contribution is 2.19. The molecule has 1 N–H and O–H groups in total. The molecule has 0 aliphatic heterocycles. The van der Waals surface area contributed by atoms with E-state index in [1.165, 1.54) is 4.90 Å². The Morgan fingerprint density at radius 3 is 2.61 bits per heavy atom. The molecule has 6 heteroatoms. The highest BCUT2D eigenvalue weighted by atomic mass is 16.5. The Bertz CT molecular complexity index is 1000. The van der Waals surface area contributed by atoms with Crippen molar-refractivity contribution in [2.45, 2.75) is 25.9 Å². The number of anilines is 1. The van der Waals surface area contributed by atoms with E-state index in [2.05, 4.69) is 4.98 Å². The van der Waals surface area contributed by atoms with E-state index in [-0.39, 0.29) is 25.3 Å². The number of hydrogen-bond acceptors (Lipinski definition) is 4. The molecule has 0 spiro atoms. The topological polar surface area (TPSA) is 86.2 Å². The van der Waals surface area contributed by atoms with Gasteiger partial charge in [0.05, 0.1) is 18.9 Å². The van der Waals surface area contributed by atoms with Crippen molar-refractivity contribution in [2.75, 3.05) is 11.4 Å². The average Bonchev–Trinajstić information content (AvgIpc) is 3.11. The maximum atomic E-state index is 12.8. The maximum absolute atomic E-state index is 12.8. The van der Waals surface area contributed by atoms with Gasteiger partial charge in [-0.05, 0) is 30.7 Å². The van der Waals surface area contributed by atoms with E-state index in [1.54, 1.807) is 25.3 Å². The zero-order valence-corrected chi connectivity index (χ0v) is 15.6. The summed E-state index contributed by atoms with van der Waals surface area (Å²) in [7, 11) is 0. The summed E-state index contributed by atoms with van der Waals surface area (Å²) in [5.74, 6) is -0.826. The van der Waals surface area contributed by atoms with Gasteiger partial charge in [0.1, 0.15) is 0 Å². The van der Waals surface area contributed by atoms with Gasteiger partial charge in [0, 0.05) is 29.3 Å². The summed E-state index contributed by atoms with van der Waals surface area (Å²) in [5, 5.41) is 9.84. The molecule has 0 bridgehead atoms. The van der Waals surface area contributed by atoms with Crippen LogP contribution >= 0.6 is 0 Å². The number of aromatic nitrogens is 1. The number of carbonyl (C=O) groups is 2. The normalized spacial score (nSPS) is 11.6. The molecule has 1 amide bonds. The lowest BCUT2D eigenvalue weighted by Gasteiger charge is -2.25. The first-order valence-corrected chi connectivity index (χ1v) is 9.08. The standard InChI is InChI=1S/C22H21N3O3/c1-16(22(27)25(13-7-12-23)18-8-3-2-4-9-18)28-21(26)14-17-15-24-20-11-6-5-10-19(17)20/h2-6,8-11,15-16,24H,7,13-14H2,1H3/t16-/m1/s1. The number of nitrogens with zero attached hydrogens (tertiary/aromatic N) is 2. The zero-order chi connectivity index (χ0) is 19.9. The van der Waals surface area contributed by atoms with E-state index in [0.717, 1.165) is 16.5 Å². The van der Waals surface area contributed by atoms with Gasteiger partial charge in [0.25, 0.3) is 5.91 Å². The van der Waals surface area contributed by atoms with E-state index >= 15 is 0 Å². The molecule has 0 unspecified atom stereocenters. The highest BCUT2D eigenvalue weighted by Gasteiger charge is 2.25. The summed E-state index contributed by atoms with van der Waals surface area (Å²) in [4.78, 5) is 29.8. The number of benzene rings is 2. The van der Waals surface area contributed by atoms with Crippen molar-refractivity contribution in [3.8, 4) is 6.07 Å². The van der Waals surface area contributed by atoms with Gasteiger partial charge >= 0.3 is 5.97 Å². The molecule has 28 heavy (non-hydrogen) atoms. The third-order valence-corrected chi connectivity index (χ3v) is 4.45. The van der Waals surface area contributed by atoms with Gasteiger partial charge in [0.15, 0.2) is 6.10 Å². The molecule has 142 valence electrons. The van der Waals surface area contributed by atoms with Crippen molar-refractivity contribution in [3.63, 3.8) is 0 Å². The Balaban J connectivity index is 1.67. The minimum atomic E-state index is -0.948. The molecule has 1 heterocycles. The van der Waals surface area contributed by atoms with Gasteiger partial charge in [0.2, 0.25) is 0 Å². The van der Waals surface area contributed by atoms with Crippen LogP contribution in [0.25, 0.3) is 10.9 Å². The number of esters is 1. The predicted molar refractivity (Wildman–Crippen MR) is 107 cm³/mol. The lowest BCUT2D eigenvalue weighted by Crippen LogP contribution is -2.40. The van der Waals surface area contributed by atoms with Gasteiger partial charge in [-0.1, -0.05) is 36.4 Å². The van der Waals surface area contributed by atoms with E-state index < -0.39 is 12.1 Å². The molecule has 0 radical (unpaired) electrons. The van der Waals surface area contributed by atoms with Gasteiger partial charge < -0.3 is 14.6 Å². The zero-order valence-electron chi connectivity index (χ0n) is 15.6. The Kier molecular flexibility index (Phi) is 6.07. The summed E-state index contributed by atoms with van der Waals surface area (Å²) in [6.07, 6.45) is 1.10. The Labute approximate surface area is 163 Å². The van der Waals surface area contributed by atoms with Crippen molar-refractivity contribution in [1.29, 1.82) is 5.26 Å². The fraction of sp³-hybridized carbons (Fsp3) is 0.227. The van der Waals surface area contributed by atoms with Crippen molar-refractivity contribution in [3.05, 3.63) is 66.4 Å². The fourth-order valence-electron chi connectivity index (χ4n) is 3.08. The second kappa shape index (κ2) is 8.87. The Morgan fingerprint density at radius 1 is 1.14 bits per heavy atom. The highest BCUT2D eigenvalue weighted by molar-refractivity contribution is 5.97. The molecule has 0 saturated heterocycles. The van der Waals surface area contributed by atoms with Crippen molar-refractivity contribution >= 4 is 28.5 Å². The number of carbonyl (C=O) groups excluding carboxylic acids is 2. The number of nitriles is 1. The second-order valence-electron chi connectivity index (χ2n) is 6.40. The number of para-hydroxylation sites is 2. The van der Waals surface area contributed by atoms with E-state index in [1.807, 2.05) is 48.5 Å². The SMILES string of the molecule is C[C@@H](OC(=O)Cc1c[nH]c2ccccc12)C(=O)N(CCC#N)c1ccccc1. The quantitative estimate of drug-likeness (QED) is 0.640. The molecule has 1 aromatic heterocycles. The van der Waals surface area contributed by atoms with Gasteiger partial charge in [-0.3, -0.25) is 9.59 Å². The van der Waals surface area contributed by atoms with Gasteiger partial charge in [-0.25, -0.2) is 0 Å². The lowest BCUT2D eigenvalue weighted by atomic mass is 10.1. The predicted octanol–water partition coefficient (Wildman–Crippen LogP) is 3.59. The van der Waals surface area contributed by atoms with E-state index in [9.17, 15) is 9.59 Å². The number of fused-ring (bicyclic) bond motifs is 1. The molecule has 1 atom stereocenters. The van der Waals surface area contributed by atoms with Crippen LogP contribution in [-0.4, -0.2) is 29.5 Å². The summed E-state index contributed by atoms with van der Waals surface area (Å²) in [5.41, 5.74) is 2.44. The van der Waals surface area contributed by atoms with Crippen LogP contribution in [0.5, 0.6) is 0 Å². The van der Waals surface area contributed by atoms with Crippen LogP contribution in [0.3, 0.4) is 0 Å². The molecule has 0 aliphatic rings. The van der Waals surface area contributed by atoms with Crippen molar-refractivity contribution in [2.24, 2.45) is 0 Å². The molecule has 2 aromatic carbocycles. The number of rotatable bonds is 7. The van der Waals surface area contributed by atoms with E-state index in [4.69, 9.17) is 10.00 Å². The van der Waals surface area contributed by atoms with Gasteiger partial charge in [-0.15, -0.1) is 0 Å². The third-order valence-electron chi connectivity index (χ3n) is 4.45. The summed E-state index contributed by atoms with van der Waals surface area (Å²) < 4.78 is 5.39. The van der Waals surface area contributed by atoms with Crippen LogP contribution in [0.4, 0.5) is 5.69 Å². The first kappa shape index (κ1) is 19.2. The minimum Gasteiger partial charge on any atom is -0.452 e. The number of ether oxygens (including phenoxy) is 1. The Hall–Kier alpha value is -3.59. The number of nitrogens with one attached hydrogen (secondary N) is 1. The number of aromatic amines is 1. The van der Waals surface area contributed by atoms with Crippen LogP contribution < -0.4 is 4.90 Å². The fourth-order valence-corrected chi connectivity index (χ4v) is 3.08. The monoisotopic (exact) mass is 375 g/mol. The number of H-pyrrole nitrogens is 1. The second-order valence-corrected chi connectivity index (χ2v) is 6.40. The third kappa shape index (κ3) is 4.38.